The van der Waals surface area contributed by atoms with E-state index in [1.165, 1.54) is 22.5 Å². The molecule has 0 unspecified atom stereocenters. The molecule has 2 aromatic carbocycles. The molecule has 15 nitrogen and oxygen atoms in total. The van der Waals surface area contributed by atoms with Gasteiger partial charge in [-0.25, -0.2) is 0 Å². The smallest absolute Gasteiger partial charge is 0.261 e. The van der Waals surface area contributed by atoms with Crippen LogP contribution in [0, 0.1) is 0 Å². The SMILES string of the molecule is CC(C)(C)[Si](OCCOCCOCCOCCOCCOCCOCCOCCOCCOCCOCCOCCN1C(=O)C=CC1=O)(c1ccccc1)c1ccccc1. The van der Waals surface area contributed by atoms with Gasteiger partial charge in [0.15, 0.2) is 0 Å². The van der Waals surface area contributed by atoms with Crippen molar-refractivity contribution in [3.8, 4) is 0 Å². The molecule has 0 N–H and O–H groups in total. The standard InChI is InChI=1S/C44H69NO14Si/c1-44(2,3)60(40-10-6-4-7-11-40,41-12-8-5-9-13-41)59-39-38-58-37-36-57-35-34-56-33-32-55-31-30-54-29-28-53-27-26-52-25-24-51-23-22-50-21-20-49-19-18-48-17-16-45-42(46)14-15-43(45)47/h4-15H,16-39H2,1-3H3. The van der Waals surface area contributed by atoms with Gasteiger partial charge in [-0.3, -0.25) is 14.5 Å². The Morgan fingerprint density at radius 2 is 0.633 bits per heavy atom. The molecule has 0 saturated heterocycles. The summed E-state index contributed by atoms with van der Waals surface area (Å²) in [6.45, 7) is 17.8. The first-order chi connectivity index (χ1) is 29.4. The normalized spacial score (nSPS) is 13.3. The van der Waals surface area contributed by atoms with Gasteiger partial charge in [0, 0.05) is 12.2 Å². The Kier molecular flexibility index (Phi) is 28.0. The second-order valence-corrected chi connectivity index (χ2v) is 18.7. The lowest BCUT2D eigenvalue weighted by atomic mass is 10.2. The van der Waals surface area contributed by atoms with Crippen molar-refractivity contribution in [1.29, 1.82) is 0 Å². The molecule has 0 radical (unpaired) electrons. The summed E-state index contributed by atoms with van der Waals surface area (Å²) in [4.78, 5) is 24.0. The molecular formula is C44H69NO14Si. The van der Waals surface area contributed by atoms with E-state index in [0.29, 0.717) is 145 Å². The second-order valence-electron chi connectivity index (χ2n) is 14.4. The van der Waals surface area contributed by atoms with Crippen LogP contribution in [0.5, 0.6) is 0 Å². The van der Waals surface area contributed by atoms with Crippen molar-refractivity contribution in [2.45, 2.75) is 25.8 Å². The fourth-order valence-corrected chi connectivity index (χ4v) is 10.7. The Labute approximate surface area is 357 Å². The van der Waals surface area contributed by atoms with Gasteiger partial charge in [0.25, 0.3) is 20.1 Å². The molecule has 16 heteroatoms. The Morgan fingerprint density at radius 1 is 0.383 bits per heavy atom. The van der Waals surface area contributed by atoms with Gasteiger partial charge in [-0.15, -0.1) is 0 Å². The van der Waals surface area contributed by atoms with E-state index in [1.54, 1.807) is 0 Å². The summed E-state index contributed by atoms with van der Waals surface area (Å²) >= 11 is 0. The number of nitrogens with zero attached hydrogens (tertiary/aromatic N) is 1. The van der Waals surface area contributed by atoms with Crippen molar-refractivity contribution in [2.24, 2.45) is 0 Å². The van der Waals surface area contributed by atoms with Gasteiger partial charge >= 0.3 is 0 Å². The number of rotatable bonds is 39. The third-order valence-electron chi connectivity index (χ3n) is 9.04. The summed E-state index contributed by atoms with van der Waals surface area (Å²) in [5.41, 5.74) is 0. The van der Waals surface area contributed by atoms with E-state index in [4.69, 9.17) is 56.5 Å². The number of hydrogen-bond donors (Lipinski definition) is 0. The van der Waals surface area contributed by atoms with Crippen LogP contribution in [0.1, 0.15) is 20.8 Å². The molecule has 1 heterocycles. The van der Waals surface area contributed by atoms with Gasteiger partial charge in [0.2, 0.25) is 0 Å². The Bertz CT molecular complexity index is 1340. The molecule has 0 aliphatic carbocycles. The summed E-state index contributed by atoms with van der Waals surface area (Å²) in [6, 6.07) is 21.2. The van der Waals surface area contributed by atoms with Crippen molar-refractivity contribution in [3.63, 3.8) is 0 Å². The Hall–Kier alpha value is -2.94. The lowest BCUT2D eigenvalue weighted by molar-refractivity contribution is -0.137. The number of benzene rings is 2. The highest BCUT2D eigenvalue weighted by molar-refractivity contribution is 6.99. The number of carbonyl (C=O) groups excluding carboxylic acids is 2. The van der Waals surface area contributed by atoms with Crippen molar-refractivity contribution in [1.82, 2.24) is 4.90 Å². The van der Waals surface area contributed by atoms with Crippen molar-refractivity contribution in [2.75, 3.05) is 159 Å². The van der Waals surface area contributed by atoms with Gasteiger partial charge in [-0.2, -0.15) is 0 Å². The summed E-state index contributed by atoms with van der Waals surface area (Å²) in [5, 5.41) is 2.46. The van der Waals surface area contributed by atoms with E-state index in [2.05, 4.69) is 81.4 Å². The Balaban J connectivity index is 0.980. The molecule has 1 aliphatic heterocycles. The van der Waals surface area contributed by atoms with Crippen LogP contribution in [-0.4, -0.2) is 184 Å². The molecular weight excluding hydrogens is 795 g/mol. The van der Waals surface area contributed by atoms with Crippen LogP contribution in [0.3, 0.4) is 0 Å². The van der Waals surface area contributed by atoms with Crippen LogP contribution in [0.2, 0.25) is 5.04 Å². The third-order valence-corrected chi connectivity index (χ3v) is 14.1. The summed E-state index contributed by atoms with van der Waals surface area (Å²) in [6.07, 6.45) is 2.51. The molecule has 3 rings (SSSR count). The van der Waals surface area contributed by atoms with Gasteiger partial charge in [0.05, 0.1) is 159 Å². The molecule has 338 valence electrons. The zero-order valence-electron chi connectivity index (χ0n) is 36.1. The largest absolute Gasteiger partial charge is 0.405 e. The average Bonchev–Trinajstić information content (AvgIpc) is 3.57. The van der Waals surface area contributed by atoms with Gasteiger partial charge in [0.1, 0.15) is 0 Å². The summed E-state index contributed by atoms with van der Waals surface area (Å²) in [7, 11) is -2.55. The van der Waals surface area contributed by atoms with Crippen LogP contribution in [0.4, 0.5) is 0 Å². The summed E-state index contributed by atoms with van der Waals surface area (Å²) in [5.74, 6) is -0.616. The maximum absolute atomic E-state index is 11.4. The number of ether oxygens (including phenoxy) is 11. The molecule has 60 heavy (non-hydrogen) atoms. The fraction of sp³-hybridized carbons (Fsp3) is 0.636. The van der Waals surface area contributed by atoms with E-state index < -0.39 is 8.32 Å². The highest BCUT2D eigenvalue weighted by atomic mass is 28.4. The maximum atomic E-state index is 11.4. The molecule has 0 fully saturated rings. The van der Waals surface area contributed by atoms with Crippen LogP contribution < -0.4 is 10.4 Å². The van der Waals surface area contributed by atoms with E-state index in [0.717, 1.165) is 4.90 Å². The van der Waals surface area contributed by atoms with E-state index in [9.17, 15) is 9.59 Å². The first kappa shape index (κ1) is 51.4. The maximum Gasteiger partial charge on any atom is 0.261 e. The van der Waals surface area contributed by atoms with E-state index in [1.807, 2.05) is 0 Å². The van der Waals surface area contributed by atoms with Crippen LogP contribution in [0.15, 0.2) is 72.8 Å². The first-order valence-corrected chi connectivity index (χ1v) is 22.9. The lowest BCUT2D eigenvalue weighted by Gasteiger charge is -2.43. The summed E-state index contributed by atoms with van der Waals surface area (Å²) < 4.78 is 67.8. The quantitative estimate of drug-likeness (QED) is 0.0551. The minimum atomic E-state index is -2.55. The molecule has 2 amide bonds. The lowest BCUT2D eigenvalue weighted by Crippen LogP contribution is -2.66. The highest BCUT2D eigenvalue weighted by Crippen LogP contribution is 2.36. The zero-order valence-corrected chi connectivity index (χ0v) is 37.1. The first-order valence-electron chi connectivity index (χ1n) is 21.0. The predicted octanol–water partition coefficient (Wildman–Crippen LogP) is 2.67. The monoisotopic (exact) mass is 863 g/mol. The van der Waals surface area contributed by atoms with E-state index in [-0.39, 0.29) is 30.0 Å². The number of imide groups is 1. The number of hydrogen-bond acceptors (Lipinski definition) is 14. The number of carbonyl (C=O) groups is 2. The molecule has 0 spiro atoms. The zero-order chi connectivity index (χ0) is 42.8. The molecule has 2 aromatic rings. The molecule has 0 bridgehead atoms. The van der Waals surface area contributed by atoms with E-state index >= 15 is 0 Å². The molecule has 0 saturated carbocycles. The molecule has 1 aliphatic rings. The average molecular weight is 864 g/mol. The minimum absolute atomic E-state index is 0.0641. The van der Waals surface area contributed by atoms with Crippen molar-refractivity contribution in [3.05, 3.63) is 72.8 Å². The topological polar surface area (TPSA) is 148 Å². The van der Waals surface area contributed by atoms with Crippen LogP contribution in [0.25, 0.3) is 0 Å². The molecule has 0 aromatic heterocycles. The minimum Gasteiger partial charge on any atom is -0.405 e. The van der Waals surface area contributed by atoms with Crippen LogP contribution in [-0.2, 0) is 66.1 Å². The van der Waals surface area contributed by atoms with Gasteiger partial charge < -0.3 is 56.5 Å². The predicted molar refractivity (Wildman–Crippen MR) is 228 cm³/mol. The van der Waals surface area contributed by atoms with Crippen molar-refractivity contribution >= 4 is 30.5 Å². The molecule has 0 atom stereocenters. The fourth-order valence-electron chi connectivity index (χ4n) is 6.12. The Morgan fingerprint density at radius 3 is 0.900 bits per heavy atom. The van der Waals surface area contributed by atoms with Crippen molar-refractivity contribution < 1.29 is 66.1 Å². The number of amides is 2. The highest BCUT2D eigenvalue weighted by Gasteiger charge is 2.50. The van der Waals surface area contributed by atoms with Crippen LogP contribution >= 0.6 is 0 Å². The van der Waals surface area contributed by atoms with Gasteiger partial charge in [-0.05, 0) is 15.4 Å². The third kappa shape index (κ3) is 21.2. The second kappa shape index (κ2) is 32.7. The van der Waals surface area contributed by atoms with Gasteiger partial charge in [-0.1, -0.05) is 81.4 Å².